The molecule has 1 saturated heterocycles. The molecule has 5 amide bonds. The van der Waals surface area contributed by atoms with Crippen LogP contribution in [0.4, 0.5) is 20.2 Å². The van der Waals surface area contributed by atoms with Crippen molar-refractivity contribution in [1.29, 1.82) is 0 Å². The van der Waals surface area contributed by atoms with Crippen LogP contribution in [0.1, 0.15) is 70.6 Å². The Hall–Kier alpha value is -7.59. The lowest BCUT2D eigenvalue weighted by atomic mass is 9.85. The van der Waals surface area contributed by atoms with Crippen LogP contribution in [-0.4, -0.2) is 114 Å². The van der Waals surface area contributed by atoms with Crippen LogP contribution in [0.3, 0.4) is 0 Å². The zero-order chi connectivity index (χ0) is 56.3. The number of thiazole rings is 1. The molecule has 2 fully saturated rings. The molecular formula is C58H65F2N7O11S. The van der Waals surface area contributed by atoms with E-state index in [4.69, 9.17) is 23.7 Å². The van der Waals surface area contributed by atoms with Crippen LogP contribution < -0.4 is 35.5 Å². The summed E-state index contributed by atoms with van der Waals surface area (Å²) < 4.78 is 57.9. The van der Waals surface area contributed by atoms with Gasteiger partial charge in [-0.15, -0.1) is 11.3 Å². The van der Waals surface area contributed by atoms with Crippen molar-refractivity contribution in [3.05, 3.63) is 120 Å². The van der Waals surface area contributed by atoms with Crippen molar-refractivity contribution in [2.45, 2.75) is 91.0 Å². The van der Waals surface area contributed by atoms with Gasteiger partial charge in [0, 0.05) is 87.3 Å². The number of rotatable bonds is 25. The van der Waals surface area contributed by atoms with E-state index < -0.39 is 58.4 Å². The van der Waals surface area contributed by atoms with E-state index in [2.05, 4.69) is 31.2 Å². The number of halogens is 2. The van der Waals surface area contributed by atoms with E-state index in [-0.39, 0.29) is 61.5 Å². The van der Waals surface area contributed by atoms with Gasteiger partial charge < -0.3 is 55.0 Å². The fourth-order valence-corrected chi connectivity index (χ4v) is 9.79. The van der Waals surface area contributed by atoms with Crippen molar-refractivity contribution in [3.63, 3.8) is 0 Å². The number of amides is 5. The number of fused-ring (bicyclic) bond motifs is 1. The Bertz CT molecular complexity index is 3130. The summed E-state index contributed by atoms with van der Waals surface area (Å²) in [5, 5.41) is 22.2. The highest BCUT2D eigenvalue weighted by Crippen LogP contribution is 2.48. The lowest BCUT2D eigenvalue weighted by molar-refractivity contribution is -0.144. The van der Waals surface area contributed by atoms with Crippen LogP contribution in [0.5, 0.6) is 23.0 Å². The normalized spacial score (nSPS) is 16.0. The highest BCUT2D eigenvalue weighted by atomic mass is 32.1. The fourth-order valence-electron chi connectivity index (χ4n) is 8.98. The maximum atomic E-state index is 15.5. The van der Waals surface area contributed by atoms with Gasteiger partial charge in [-0.1, -0.05) is 45.0 Å². The molecule has 5 N–H and O–H groups in total. The van der Waals surface area contributed by atoms with Crippen molar-refractivity contribution < 1.29 is 61.5 Å². The first-order valence-electron chi connectivity index (χ1n) is 26.1. The molecule has 4 aromatic carbocycles. The minimum atomic E-state index is -1.32. The number of carbonyl (C=O) groups excluding carboxylic acids is 5. The van der Waals surface area contributed by atoms with Gasteiger partial charge in [-0.2, -0.15) is 0 Å². The summed E-state index contributed by atoms with van der Waals surface area (Å²) in [6.07, 6.45) is 2.47. The lowest BCUT2D eigenvalue weighted by Gasteiger charge is -2.35. The third-order valence-electron chi connectivity index (χ3n) is 13.6. The number of hydrogen-bond donors (Lipinski definition) is 5. The average Bonchev–Trinajstić information content (AvgIpc) is 4.09. The highest BCUT2D eigenvalue weighted by Gasteiger charge is 2.56. The number of likely N-dealkylation sites (tertiary alicyclic amines) is 1. The summed E-state index contributed by atoms with van der Waals surface area (Å²) in [5.41, 5.74) is 3.64. The minimum Gasteiger partial charge on any atom is -0.493 e. The number of benzene rings is 4. The van der Waals surface area contributed by atoms with Gasteiger partial charge in [0.25, 0.3) is 0 Å². The highest BCUT2D eigenvalue weighted by molar-refractivity contribution is 7.13. The largest absolute Gasteiger partial charge is 0.493 e. The Balaban J connectivity index is 0.721. The number of methoxy groups -OCH3 is 1. The molecule has 3 atom stereocenters. The number of pyridine rings is 1. The Morgan fingerprint density at radius 2 is 1.49 bits per heavy atom. The molecule has 6 aromatic rings. The summed E-state index contributed by atoms with van der Waals surface area (Å²) >= 11 is 1.56. The van der Waals surface area contributed by atoms with E-state index in [1.807, 2.05) is 52.0 Å². The predicted octanol–water partition coefficient (Wildman–Crippen LogP) is 8.49. The first-order valence-corrected chi connectivity index (χ1v) is 27.0. The van der Waals surface area contributed by atoms with Gasteiger partial charge in [0.1, 0.15) is 29.1 Å². The van der Waals surface area contributed by atoms with E-state index in [1.165, 1.54) is 54.6 Å². The van der Waals surface area contributed by atoms with Gasteiger partial charge in [-0.3, -0.25) is 29.0 Å². The minimum absolute atomic E-state index is 0.0110. The number of carbonyl (C=O) groups is 5. The predicted molar refractivity (Wildman–Crippen MR) is 293 cm³/mol. The third-order valence-corrected chi connectivity index (χ3v) is 14.5. The van der Waals surface area contributed by atoms with Crippen LogP contribution in [0.15, 0.2) is 96.6 Å². The molecule has 18 nitrogen and oxygen atoms in total. The topological polar surface area (TPSA) is 229 Å². The second-order valence-electron chi connectivity index (χ2n) is 20.5. The van der Waals surface area contributed by atoms with Gasteiger partial charge >= 0.3 is 0 Å². The van der Waals surface area contributed by atoms with E-state index in [1.54, 1.807) is 35.0 Å². The lowest BCUT2D eigenvalue weighted by Crippen LogP contribution is -2.57. The molecule has 2 aliphatic rings. The van der Waals surface area contributed by atoms with Crippen LogP contribution >= 0.6 is 11.3 Å². The van der Waals surface area contributed by atoms with Crippen LogP contribution in [-0.2, 0) is 40.0 Å². The molecule has 0 bridgehead atoms. The van der Waals surface area contributed by atoms with E-state index in [0.29, 0.717) is 80.2 Å². The summed E-state index contributed by atoms with van der Waals surface area (Å²) in [5.74, 6) is -2.54. The summed E-state index contributed by atoms with van der Waals surface area (Å²) in [6, 6.07) is 20.1. The molecule has 418 valence electrons. The van der Waals surface area contributed by atoms with Gasteiger partial charge in [-0.05, 0) is 91.3 Å². The number of nitrogens with zero attached hydrogens (tertiary/aromatic N) is 3. The maximum absolute atomic E-state index is 15.5. The molecule has 1 saturated carbocycles. The van der Waals surface area contributed by atoms with Gasteiger partial charge in [0.2, 0.25) is 29.5 Å². The number of ether oxygens (including phenoxy) is 5. The smallest absolute Gasteiger partial charge is 0.246 e. The molecule has 0 unspecified atom stereocenters. The van der Waals surface area contributed by atoms with E-state index in [0.717, 1.165) is 27.8 Å². The molecule has 21 heteroatoms. The van der Waals surface area contributed by atoms with E-state index in [9.17, 15) is 33.5 Å². The first-order chi connectivity index (χ1) is 37.9. The summed E-state index contributed by atoms with van der Waals surface area (Å²) in [7, 11) is 1.49. The Kier molecular flexibility index (Phi) is 18.9. The number of aliphatic hydroxyl groups excluding tert-OH is 1. The Morgan fingerprint density at radius 3 is 2.15 bits per heavy atom. The molecule has 1 aliphatic carbocycles. The Morgan fingerprint density at radius 1 is 0.810 bits per heavy atom. The molecule has 0 radical (unpaired) electrons. The molecular weight excluding hydrogens is 1040 g/mol. The summed E-state index contributed by atoms with van der Waals surface area (Å²) in [4.78, 5) is 78.0. The molecule has 79 heavy (non-hydrogen) atoms. The zero-order valence-corrected chi connectivity index (χ0v) is 45.5. The van der Waals surface area contributed by atoms with Crippen molar-refractivity contribution >= 4 is 63.2 Å². The first kappa shape index (κ1) is 57.6. The molecule has 8 rings (SSSR count). The van der Waals surface area contributed by atoms with Crippen LogP contribution in [0, 0.1) is 29.4 Å². The Labute approximate surface area is 460 Å². The molecule has 2 aromatic heterocycles. The zero-order valence-electron chi connectivity index (χ0n) is 44.7. The molecule has 1 aliphatic heterocycles. The summed E-state index contributed by atoms with van der Waals surface area (Å²) in [6.45, 7) is 9.25. The van der Waals surface area contributed by atoms with Crippen molar-refractivity contribution in [1.82, 2.24) is 25.5 Å². The average molecular weight is 1110 g/mol. The number of aromatic nitrogens is 2. The fraction of sp³-hybridized carbons (Fsp3) is 0.397. The second kappa shape index (κ2) is 25.9. The van der Waals surface area contributed by atoms with Crippen molar-refractivity contribution in [3.8, 4) is 33.4 Å². The number of β-amino-alcohol motifs (C(OH)–C–C–N with tert-alkyl or cyclic N) is 1. The van der Waals surface area contributed by atoms with Gasteiger partial charge in [-0.25, -0.2) is 13.8 Å². The van der Waals surface area contributed by atoms with Gasteiger partial charge in [0.05, 0.1) is 48.0 Å². The second-order valence-corrected chi connectivity index (χ2v) is 21.4. The number of nitrogens with one attached hydrogen (secondary N) is 4. The van der Waals surface area contributed by atoms with Crippen LogP contribution in [0.25, 0.3) is 21.3 Å². The SMILES string of the molecule is COc1cc2c(Oc3ccc(NC(=O)C4(C(=O)Nc5ccc(F)cc5)CC4)cc3F)ccnc2cc1OCCCOCCCOCCC(=O)N[C@H](C(=O)N1C[C@@H](O)C[C@H]1C(=O)NCc1ccc(-c2scnc2C)cc1)C(C)(C)C. The quantitative estimate of drug-likeness (QED) is 0.0268. The number of aliphatic hydroxyl groups is 1. The number of hydrogen-bond acceptors (Lipinski definition) is 14. The van der Waals surface area contributed by atoms with Crippen LogP contribution in [0.2, 0.25) is 0 Å². The van der Waals surface area contributed by atoms with Gasteiger partial charge in [0.15, 0.2) is 23.1 Å². The monoisotopic (exact) mass is 1110 g/mol. The third kappa shape index (κ3) is 14.8. The maximum Gasteiger partial charge on any atom is 0.246 e. The standard InChI is InChI=1S/C58H65F2N7O11S/c1-35-51(79-34-63-35)37-10-8-36(9-11-37)32-62-53(70)45-29-41(68)33-67(45)54(71)52(57(2,3)4)66-50(69)19-27-76-24-6-23-75-25-7-26-77-49-31-44-42(30-48(49)74-5)46(18-22-61-44)78-47-17-16-40(28-43(47)60)65-56(73)58(20-21-58)55(72)64-39-14-12-38(59)13-15-39/h8-18,22,28,30-31,34,41,45,52,68H,6-7,19-21,23-27,29,32-33H2,1-5H3,(H,62,70)(H,64,72)(H,65,73)(H,66,69)/t41-,45-,52+/m0/s1. The van der Waals surface area contributed by atoms with E-state index >= 15 is 4.39 Å². The number of anilines is 2. The molecule has 0 spiro atoms. The van der Waals surface area contributed by atoms with Crippen molar-refractivity contribution in [2.24, 2.45) is 10.8 Å². The molecule has 3 heterocycles. The number of aryl methyl sites for hydroxylation is 1. The van der Waals surface area contributed by atoms with Crippen molar-refractivity contribution in [2.75, 3.05) is 57.3 Å².